The second-order valence-corrected chi connectivity index (χ2v) is 15.0. The maximum atomic E-state index is 2.43. The smallest absolute Gasteiger partial charge is 0.0548 e. The predicted molar refractivity (Wildman–Crippen MR) is 244 cm³/mol. The quantitative estimate of drug-likeness (QED) is 0.166. The van der Waals surface area contributed by atoms with Crippen molar-refractivity contribution in [2.75, 3.05) is 4.90 Å². The van der Waals surface area contributed by atoms with Crippen LogP contribution in [0.15, 0.2) is 218 Å². The molecule has 12 rings (SSSR count). The van der Waals surface area contributed by atoms with Crippen LogP contribution in [0.3, 0.4) is 0 Å². The van der Waals surface area contributed by atoms with Crippen molar-refractivity contribution in [1.82, 2.24) is 13.7 Å². The van der Waals surface area contributed by atoms with Crippen molar-refractivity contribution in [1.29, 1.82) is 0 Å². The van der Waals surface area contributed by atoms with Crippen LogP contribution in [0.4, 0.5) is 17.1 Å². The van der Waals surface area contributed by atoms with Crippen LogP contribution in [0.25, 0.3) is 82.5 Å². The van der Waals surface area contributed by atoms with Crippen LogP contribution in [0.2, 0.25) is 0 Å². The SMILES string of the molecule is c1ccc(N(c2ccc(-n3c4ccccc4c4ccccc43)cc2)c2ccc(-n3c4ccccc4c4cc5c(cc43)c3ccccc3n5-c3ccccc3)cc2)cc1. The first-order valence-electron chi connectivity index (χ1n) is 19.9. The Labute approximate surface area is 335 Å². The molecule has 9 aromatic carbocycles. The van der Waals surface area contributed by atoms with Crippen molar-refractivity contribution in [3.05, 3.63) is 218 Å². The van der Waals surface area contributed by atoms with Crippen molar-refractivity contribution in [3.8, 4) is 17.1 Å². The molecule has 4 nitrogen and oxygen atoms in total. The molecule has 0 atom stereocenters. The minimum atomic E-state index is 1.09. The lowest BCUT2D eigenvalue weighted by Crippen LogP contribution is -2.10. The Kier molecular flexibility index (Phi) is 7.20. The molecule has 0 fully saturated rings. The highest BCUT2D eigenvalue weighted by molar-refractivity contribution is 6.19. The van der Waals surface area contributed by atoms with Crippen LogP contribution < -0.4 is 4.90 Å². The number of nitrogens with zero attached hydrogens (tertiary/aromatic N) is 4. The number of anilines is 3. The fourth-order valence-electron chi connectivity index (χ4n) is 9.29. The number of rotatable bonds is 6. The minimum absolute atomic E-state index is 1.09. The fourth-order valence-corrected chi connectivity index (χ4v) is 9.29. The molecule has 272 valence electrons. The fraction of sp³-hybridized carbons (Fsp3) is 0. The monoisotopic (exact) mass is 740 g/mol. The summed E-state index contributed by atoms with van der Waals surface area (Å²) in [5, 5.41) is 7.49. The number of hydrogen-bond donors (Lipinski definition) is 0. The molecular formula is C54H36N4. The largest absolute Gasteiger partial charge is 0.311 e. The van der Waals surface area contributed by atoms with Crippen LogP contribution in [0.1, 0.15) is 0 Å². The van der Waals surface area contributed by atoms with E-state index in [2.05, 4.69) is 237 Å². The molecule has 0 N–H and O–H groups in total. The van der Waals surface area contributed by atoms with Gasteiger partial charge < -0.3 is 18.6 Å². The van der Waals surface area contributed by atoms with Crippen molar-refractivity contribution in [2.24, 2.45) is 0 Å². The van der Waals surface area contributed by atoms with E-state index in [4.69, 9.17) is 0 Å². The van der Waals surface area contributed by atoms with Gasteiger partial charge in [0, 0.05) is 66.4 Å². The van der Waals surface area contributed by atoms with Crippen LogP contribution in [0, 0.1) is 0 Å². The first-order valence-corrected chi connectivity index (χ1v) is 19.9. The summed E-state index contributed by atoms with van der Waals surface area (Å²) < 4.78 is 7.20. The molecule has 58 heavy (non-hydrogen) atoms. The average molecular weight is 741 g/mol. The maximum Gasteiger partial charge on any atom is 0.0548 e. The van der Waals surface area contributed by atoms with Gasteiger partial charge in [0.25, 0.3) is 0 Å². The highest BCUT2D eigenvalue weighted by atomic mass is 15.1. The molecule has 0 bridgehead atoms. The third-order valence-electron chi connectivity index (χ3n) is 11.8. The number of para-hydroxylation sites is 6. The second kappa shape index (κ2) is 12.9. The van der Waals surface area contributed by atoms with Gasteiger partial charge in [0.1, 0.15) is 0 Å². The summed E-state index contributed by atoms with van der Waals surface area (Å²) in [4.78, 5) is 2.34. The van der Waals surface area contributed by atoms with Crippen LogP contribution in [-0.4, -0.2) is 13.7 Å². The topological polar surface area (TPSA) is 18.0 Å². The molecule has 0 unspecified atom stereocenters. The lowest BCUT2D eigenvalue weighted by Gasteiger charge is -2.26. The van der Waals surface area contributed by atoms with Gasteiger partial charge in [-0.15, -0.1) is 0 Å². The van der Waals surface area contributed by atoms with E-state index in [0.29, 0.717) is 0 Å². The van der Waals surface area contributed by atoms with Crippen LogP contribution in [0.5, 0.6) is 0 Å². The third-order valence-corrected chi connectivity index (χ3v) is 11.8. The zero-order valence-electron chi connectivity index (χ0n) is 31.6. The molecule has 0 radical (unpaired) electrons. The zero-order chi connectivity index (χ0) is 38.2. The summed E-state index contributed by atoms with van der Waals surface area (Å²) >= 11 is 0. The molecule has 0 saturated heterocycles. The molecule has 0 aliphatic carbocycles. The molecule has 4 heteroatoms. The minimum Gasteiger partial charge on any atom is -0.311 e. The van der Waals surface area contributed by atoms with Gasteiger partial charge in [-0.25, -0.2) is 0 Å². The molecule has 0 spiro atoms. The van der Waals surface area contributed by atoms with Gasteiger partial charge in [-0.1, -0.05) is 109 Å². The van der Waals surface area contributed by atoms with E-state index in [1.165, 1.54) is 65.4 Å². The Morgan fingerprint density at radius 1 is 0.224 bits per heavy atom. The second-order valence-electron chi connectivity index (χ2n) is 15.0. The van der Waals surface area contributed by atoms with E-state index in [9.17, 15) is 0 Å². The van der Waals surface area contributed by atoms with Crippen LogP contribution >= 0.6 is 0 Å². The number of aromatic nitrogens is 3. The molecule has 0 aliphatic rings. The van der Waals surface area contributed by atoms with E-state index in [1.54, 1.807) is 0 Å². The average Bonchev–Trinajstić information content (AvgIpc) is 3.92. The molecule has 3 heterocycles. The Morgan fingerprint density at radius 3 is 0.931 bits per heavy atom. The lowest BCUT2D eigenvalue weighted by molar-refractivity contribution is 1.17. The number of hydrogen-bond acceptors (Lipinski definition) is 1. The molecule has 3 aromatic heterocycles. The van der Waals surface area contributed by atoms with E-state index in [0.717, 1.165) is 34.1 Å². The highest BCUT2D eigenvalue weighted by Crippen LogP contribution is 2.41. The van der Waals surface area contributed by atoms with Gasteiger partial charge in [-0.3, -0.25) is 0 Å². The summed E-state index contributed by atoms with van der Waals surface area (Å²) in [5.74, 6) is 0. The van der Waals surface area contributed by atoms with Gasteiger partial charge in [0.05, 0.1) is 33.1 Å². The van der Waals surface area contributed by atoms with Crippen molar-refractivity contribution in [3.63, 3.8) is 0 Å². The summed E-state index contributed by atoms with van der Waals surface area (Å²) in [6, 6.07) is 79.0. The zero-order valence-corrected chi connectivity index (χ0v) is 31.6. The van der Waals surface area contributed by atoms with E-state index >= 15 is 0 Å². The van der Waals surface area contributed by atoms with E-state index in [1.807, 2.05) is 0 Å². The standard InChI is InChI=1S/C54H36N4/c1-3-15-37(16-4-1)55(39-27-31-41(32-28-39)56-49-23-11-7-19-43(49)44-20-8-12-24-50(44)56)40-29-33-42(34-30-40)58-52-26-14-10-22-46(52)48-35-53-47(36-54(48)58)45-21-9-13-25-51(45)57(53)38-17-5-2-6-18-38/h1-36H. The van der Waals surface area contributed by atoms with Crippen molar-refractivity contribution >= 4 is 82.5 Å². The van der Waals surface area contributed by atoms with E-state index < -0.39 is 0 Å². The van der Waals surface area contributed by atoms with Gasteiger partial charge in [-0.05, 0) is 109 Å². The summed E-state index contributed by atoms with van der Waals surface area (Å²) in [6.45, 7) is 0. The summed E-state index contributed by atoms with van der Waals surface area (Å²) in [7, 11) is 0. The number of fused-ring (bicyclic) bond motifs is 9. The van der Waals surface area contributed by atoms with Gasteiger partial charge in [-0.2, -0.15) is 0 Å². The summed E-state index contributed by atoms with van der Waals surface area (Å²) in [5.41, 5.74) is 13.9. The van der Waals surface area contributed by atoms with Crippen molar-refractivity contribution in [2.45, 2.75) is 0 Å². The van der Waals surface area contributed by atoms with Crippen LogP contribution in [-0.2, 0) is 0 Å². The van der Waals surface area contributed by atoms with Gasteiger partial charge in [0.15, 0.2) is 0 Å². The Balaban J connectivity index is 0.993. The predicted octanol–water partition coefficient (Wildman–Crippen LogP) is 14.4. The molecule has 0 saturated carbocycles. The first kappa shape index (κ1) is 32.4. The normalized spacial score (nSPS) is 11.8. The Hall–Kier alpha value is -7.82. The molecule has 12 aromatic rings. The molecule has 0 amide bonds. The third kappa shape index (κ3) is 4.88. The lowest BCUT2D eigenvalue weighted by atomic mass is 10.1. The van der Waals surface area contributed by atoms with Crippen molar-refractivity contribution < 1.29 is 0 Å². The highest BCUT2D eigenvalue weighted by Gasteiger charge is 2.20. The molecule has 0 aliphatic heterocycles. The summed E-state index contributed by atoms with van der Waals surface area (Å²) in [6.07, 6.45) is 0. The maximum absolute atomic E-state index is 2.43. The Bertz CT molecular complexity index is 3430. The van der Waals surface area contributed by atoms with E-state index in [-0.39, 0.29) is 0 Å². The first-order chi connectivity index (χ1) is 28.8. The Morgan fingerprint density at radius 2 is 0.517 bits per heavy atom. The van der Waals surface area contributed by atoms with Gasteiger partial charge in [0.2, 0.25) is 0 Å². The van der Waals surface area contributed by atoms with Gasteiger partial charge >= 0.3 is 0 Å². The molecular weight excluding hydrogens is 705 g/mol. The number of benzene rings is 9.